The summed E-state index contributed by atoms with van der Waals surface area (Å²) in [5.41, 5.74) is 5.34. The number of hydrogen-bond donors (Lipinski definition) is 2. The summed E-state index contributed by atoms with van der Waals surface area (Å²) in [5, 5.41) is 17.2. The molecular formula is C27H29N3O3. The van der Waals surface area contributed by atoms with Crippen LogP contribution in [-0.2, 0) is 0 Å². The van der Waals surface area contributed by atoms with Crippen LogP contribution in [0.2, 0.25) is 0 Å². The van der Waals surface area contributed by atoms with Crippen LogP contribution in [0.4, 0.5) is 0 Å². The molecule has 2 heterocycles. The highest BCUT2D eigenvalue weighted by atomic mass is 16.5. The van der Waals surface area contributed by atoms with Gasteiger partial charge in [0.1, 0.15) is 6.61 Å². The van der Waals surface area contributed by atoms with E-state index in [1.807, 2.05) is 61.2 Å². The van der Waals surface area contributed by atoms with Gasteiger partial charge in [-0.15, -0.1) is 11.5 Å². The van der Waals surface area contributed by atoms with Gasteiger partial charge in [-0.1, -0.05) is 24.1 Å². The maximum atomic E-state index is 13.1. The van der Waals surface area contributed by atoms with Gasteiger partial charge >= 0.3 is 0 Å². The van der Waals surface area contributed by atoms with Gasteiger partial charge in [0.05, 0.1) is 11.3 Å². The van der Waals surface area contributed by atoms with E-state index in [9.17, 15) is 9.90 Å². The number of rotatable bonds is 6. The number of nitrogens with one attached hydrogen (secondary N) is 1. The van der Waals surface area contributed by atoms with Crippen LogP contribution in [0, 0.1) is 26.2 Å². The highest BCUT2D eigenvalue weighted by Gasteiger charge is 2.32. The van der Waals surface area contributed by atoms with Crippen LogP contribution in [0.25, 0.3) is 11.3 Å². The van der Waals surface area contributed by atoms with Gasteiger partial charge in [-0.2, -0.15) is 0 Å². The standard InChI is InChI=1S/C27H29N3O3/c1-6-19-8-11-20(12-9-19)22-14-30(15-22)26(31)21-10-7-17(2)23(13-21)24-18(3)25(29-28-24)33-16-27(4,5)32/h1,7-13,22,32H,14-16H2,2-5H3,(H,28,29). The van der Waals surface area contributed by atoms with Gasteiger partial charge in [-0.05, 0) is 63.1 Å². The van der Waals surface area contributed by atoms with Gasteiger partial charge in [-0.25, -0.2) is 0 Å². The van der Waals surface area contributed by atoms with Crippen LogP contribution in [-0.4, -0.2) is 51.4 Å². The maximum Gasteiger partial charge on any atom is 0.253 e. The predicted molar refractivity (Wildman–Crippen MR) is 128 cm³/mol. The molecule has 1 fully saturated rings. The van der Waals surface area contributed by atoms with Crippen molar-refractivity contribution in [2.24, 2.45) is 0 Å². The van der Waals surface area contributed by atoms with Crippen molar-refractivity contribution in [3.63, 3.8) is 0 Å². The molecule has 33 heavy (non-hydrogen) atoms. The molecule has 2 aromatic carbocycles. The minimum absolute atomic E-state index is 0.0171. The Bertz CT molecular complexity index is 1210. The molecule has 1 aliphatic heterocycles. The molecule has 6 heteroatoms. The Balaban J connectivity index is 1.48. The summed E-state index contributed by atoms with van der Waals surface area (Å²) in [4.78, 5) is 15.0. The molecule has 1 aromatic heterocycles. The number of nitrogens with zero attached hydrogens (tertiary/aromatic N) is 2. The molecule has 0 unspecified atom stereocenters. The third-order valence-corrected chi connectivity index (χ3v) is 6.00. The average Bonchev–Trinajstić information content (AvgIpc) is 3.11. The summed E-state index contributed by atoms with van der Waals surface area (Å²) in [6.07, 6.45) is 5.43. The molecule has 1 amide bonds. The SMILES string of the molecule is C#Cc1ccc(C2CN(C(=O)c3ccc(C)c(-c4[nH]nc(OCC(C)(C)O)c4C)c3)C2)cc1. The minimum atomic E-state index is -0.952. The molecule has 4 rings (SSSR count). The van der Waals surface area contributed by atoms with Crippen molar-refractivity contribution in [3.8, 4) is 29.5 Å². The van der Waals surface area contributed by atoms with Gasteiger partial charge < -0.3 is 14.7 Å². The summed E-state index contributed by atoms with van der Waals surface area (Å²) >= 11 is 0. The van der Waals surface area contributed by atoms with Crippen molar-refractivity contribution in [2.45, 2.75) is 39.2 Å². The Morgan fingerprint density at radius 3 is 2.58 bits per heavy atom. The van der Waals surface area contributed by atoms with Gasteiger partial charge in [0.25, 0.3) is 5.91 Å². The Hall–Kier alpha value is -3.56. The number of terminal acetylenes is 1. The Morgan fingerprint density at radius 1 is 1.24 bits per heavy atom. The number of aliphatic hydroxyl groups is 1. The van der Waals surface area contributed by atoms with E-state index in [0.29, 0.717) is 30.5 Å². The van der Waals surface area contributed by atoms with E-state index in [0.717, 1.165) is 27.9 Å². The van der Waals surface area contributed by atoms with Crippen molar-refractivity contribution < 1.29 is 14.6 Å². The van der Waals surface area contributed by atoms with E-state index >= 15 is 0 Å². The van der Waals surface area contributed by atoms with E-state index in [1.165, 1.54) is 5.56 Å². The van der Waals surface area contributed by atoms with Crippen molar-refractivity contribution >= 4 is 5.91 Å². The van der Waals surface area contributed by atoms with Crippen molar-refractivity contribution in [3.05, 3.63) is 70.3 Å². The fourth-order valence-electron chi connectivity index (χ4n) is 3.94. The van der Waals surface area contributed by atoms with Crippen LogP contribution in [0.1, 0.15) is 52.4 Å². The molecular weight excluding hydrogens is 414 g/mol. The topological polar surface area (TPSA) is 78.5 Å². The molecule has 0 radical (unpaired) electrons. The summed E-state index contributed by atoms with van der Waals surface area (Å²) in [7, 11) is 0. The largest absolute Gasteiger partial charge is 0.473 e. The number of aromatic nitrogens is 2. The number of amides is 1. The Morgan fingerprint density at radius 2 is 1.94 bits per heavy atom. The molecule has 0 bridgehead atoms. The number of H-pyrrole nitrogens is 1. The zero-order chi connectivity index (χ0) is 23.8. The van der Waals surface area contributed by atoms with Crippen molar-refractivity contribution in [2.75, 3.05) is 19.7 Å². The van der Waals surface area contributed by atoms with E-state index in [2.05, 4.69) is 16.1 Å². The number of ether oxygens (including phenoxy) is 1. The van der Waals surface area contributed by atoms with E-state index in [4.69, 9.17) is 11.2 Å². The molecule has 0 aliphatic carbocycles. The van der Waals surface area contributed by atoms with E-state index < -0.39 is 5.60 Å². The number of carbonyl (C=O) groups is 1. The van der Waals surface area contributed by atoms with Gasteiger partial charge in [0, 0.05) is 41.3 Å². The second-order valence-corrected chi connectivity index (χ2v) is 9.33. The summed E-state index contributed by atoms with van der Waals surface area (Å²) in [5.74, 6) is 3.42. The molecule has 3 aromatic rings. The summed E-state index contributed by atoms with van der Waals surface area (Å²) in [6, 6.07) is 13.7. The van der Waals surface area contributed by atoms with E-state index in [-0.39, 0.29) is 12.5 Å². The molecule has 170 valence electrons. The minimum Gasteiger partial charge on any atom is -0.473 e. The quantitative estimate of drug-likeness (QED) is 0.563. The number of carbonyl (C=O) groups excluding carboxylic acids is 1. The first kappa shape index (κ1) is 22.6. The van der Waals surface area contributed by atoms with Crippen molar-refractivity contribution in [1.29, 1.82) is 0 Å². The second kappa shape index (κ2) is 8.76. The van der Waals surface area contributed by atoms with Crippen molar-refractivity contribution in [1.82, 2.24) is 15.1 Å². The molecule has 1 aliphatic rings. The van der Waals surface area contributed by atoms with Crippen LogP contribution in [0.3, 0.4) is 0 Å². The predicted octanol–water partition coefficient (Wildman–Crippen LogP) is 4.06. The Kier molecular flexibility index (Phi) is 6.01. The second-order valence-electron chi connectivity index (χ2n) is 9.33. The number of aromatic amines is 1. The van der Waals surface area contributed by atoms with Gasteiger partial charge in [0.15, 0.2) is 0 Å². The number of hydrogen-bond acceptors (Lipinski definition) is 4. The first-order valence-electron chi connectivity index (χ1n) is 11.0. The lowest BCUT2D eigenvalue weighted by Gasteiger charge is -2.39. The smallest absolute Gasteiger partial charge is 0.253 e. The lowest BCUT2D eigenvalue weighted by atomic mass is 9.90. The van der Waals surface area contributed by atoms with Crippen LogP contribution in [0.5, 0.6) is 5.88 Å². The monoisotopic (exact) mass is 443 g/mol. The van der Waals surface area contributed by atoms with Crippen LogP contribution >= 0.6 is 0 Å². The molecule has 2 N–H and O–H groups in total. The molecule has 0 atom stereocenters. The fraction of sp³-hybridized carbons (Fsp3) is 0.333. The maximum absolute atomic E-state index is 13.1. The molecule has 6 nitrogen and oxygen atoms in total. The van der Waals surface area contributed by atoms with Gasteiger partial charge in [-0.3, -0.25) is 9.89 Å². The normalized spacial score (nSPS) is 14.0. The molecule has 0 saturated carbocycles. The van der Waals surface area contributed by atoms with Gasteiger partial charge in [0.2, 0.25) is 5.88 Å². The molecule has 0 spiro atoms. The van der Waals surface area contributed by atoms with E-state index in [1.54, 1.807) is 13.8 Å². The summed E-state index contributed by atoms with van der Waals surface area (Å²) in [6.45, 7) is 8.80. The third kappa shape index (κ3) is 4.79. The van der Waals surface area contributed by atoms with Crippen LogP contribution in [0.15, 0.2) is 42.5 Å². The fourth-order valence-corrected chi connectivity index (χ4v) is 3.94. The highest BCUT2D eigenvalue weighted by Crippen LogP contribution is 2.33. The lowest BCUT2D eigenvalue weighted by molar-refractivity contribution is 0.0266. The average molecular weight is 444 g/mol. The zero-order valence-electron chi connectivity index (χ0n) is 19.5. The number of benzene rings is 2. The highest BCUT2D eigenvalue weighted by molar-refractivity contribution is 5.96. The number of likely N-dealkylation sites (tertiary alicyclic amines) is 1. The third-order valence-electron chi connectivity index (χ3n) is 6.00. The summed E-state index contributed by atoms with van der Waals surface area (Å²) < 4.78 is 5.68. The zero-order valence-corrected chi connectivity index (χ0v) is 19.5. The first-order valence-corrected chi connectivity index (χ1v) is 11.0. The molecule has 1 saturated heterocycles. The lowest BCUT2D eigenvalue weighted by Crippen LogP contribution is -2.48. The van der Waals surface area contributed by atoms with Crippen LogP contribution < -0.4 is 4.74 Å². The number of aryl methyl sites for hydroxylation is 1. The first-order chi connectivity index (χ1) is 15.7. The Labute approximate surface area is 194 Å².